The molecule has 0 fully saturated rings. The maximum atomic E-state index is 11.9. The van der Waals surface area contributed by atoms with Crippen LogP contribution in [0.1, 0.15) is 27.2 Å². The molecule has 0 bridgehead atoms. The number of carbonyl (C=O) groups is 3. The van der Waals surface area contributed by atoms with Gasteiger partial charge in [0.05, 0.1) is 20.6 Å². The number of nitrogens with zero attached hydrogens (tertiary/aromatic N) is 1. The normalized spacial score (nSPS) is 12.3. The number of likely N-dealkylation sites (N-methyl/N-ethyl adjacent to an activating group) is 1. The van der Waals surface area contributed by atoms with Crippen molar-refractivity contribution in [2.45, 2.75) is 38.8 Å². The summed E-state index contributed by atoms with van der Waals surface area (Å²) >= 11 is 0. The van der Waals surface area contributed by atoms with Gasteiger partial charge >= 0.3 is 12.1 Å². The smallest absolute Gasteiger partial charge is 0.408 e. The van der Waals surface area contributed by atoms with E-state index in [0.717, 1.165) is 5.06 Å². The molecule has 1 N–H and O–H groups in total. The summed E-state index contributed by atoms with van der Waals surface area (Å²) in [6, 6.07) is -1.12. The fourth-order valence-electron chi connectivity index (χ4n) is 1.21. The SMILES string of the molecule is COC(=O)C[C@H](NC(=O)OC(C)(C)C)C(=O)N(C)OC. The van der Waals surface area contributed by atoms with Crippen molar-refractivity contribution in [1.82, 2.24) is 10.4 Å². The molecule has 0 saturated carbocycles. The van der Waals surface area contributed by atoms with Gasteiger partial charge in [0.2, 0.25) is 0 Å². The second kappa shape index (κ2) is 7.68. The Morgan fingerprint density at radius 2 is 1.75 bits per heavy atom. The van der Waals surface area contributed by atoms with E-state index in [4.69, 9.17) is 9.57 Å². The molecule has 0 aliphatic carbocycles. The third kappa shape index (κ3) is 6.93. The third-order valence-corrected chi connectivity index (χ3v) is 2.17. The van der Waals surface area contributed by atoms with Crippen LogP contribution in [0, 0.1) is 0 Å². The Bertz CT molecular complexity index is 363. The minimum Gasteiger partial charge on any atom is -0.469 e. The number of amides is 2. The van der Waals surface area contributed by atoms with E-state index >= 15 is 0 Å². The summed E-state index contributed by atoms with van der Waals surface area (Å²) in [6.45, 7) is 5.06. The zero-order valence-electron chi connectivity index (χ0n) is 12.7. The quantitative estimate of drug-likeness (QED) is 0.584. The third-order valence-electron chi connectivity index (χ3n) is 2.17. The van der Waals surface area contributed by atoms with Crippen molar-refractivity contribution in [3.05, 3.63) is 0 Å². The molecule has 0 saturated heterocycles. The number of hydrogen-bond acceptors (Lipinski definition) is 6. The zero-order valence-corrected chi connectivity index (χ0v) is 12.7. The lowest BCUT2D eigenvalue weighted by molar-refractivity contribution is -0.172. The van der Waals surface area contributed by atoms with Gasteiger partial charge in [-0.3, -0.25) is 14.4 Å². The second-order valence-electron chi connectivity index (χ2n) is 5.00. The first-order valence-electron chi connectivity index (χ1n) is 5.98. The molecular weight excluding hydrogens is 268 g/mol. The van der Waals surface area contributed by atoms with Gasteiger partial charge in [-0.25, -0.2) is 9.86 Å². The van der Waals surface area contributed by atoms with E-state index in [9.17, 15) is 14.4 Å². The molecular formula is C12H22N2O6. The summed E-state index contributed by atoms with van der Waals surface area (Å²) in [4.78, 5) is 39.6. The number of hydroxylamine groups is 2. The van der Waals surface area contributed by atoms with E-state index in [1.54, 1.807) is 20.8 Å². The van der Waals surface area contributed by atoms with Gasteiger partial charge in [0.15, 0.2) is 0 Å². The van der Waals surface area contributed by atoms with E-state index in [1.165, 1.54) is 21.3 Å². The molecule has 0 unspecified atom stereocenters. The number of ether oxygens (including phenoxy) is 2. The summed E-state index contributed by atoms with van der Waals surface area (Å²) in [7, 11) is 3.85. The lowest BCUT2D eigenvalue weighted by atomic mass is 10.2. The summed E-state index contributed by atoms with van der Waals surface area (Å²) in [5.74, 6) is -1.23. The molecule has 0 heterocycles. The molecule has 2 amide bonds. The van der Waals surface area contributed by atoms with Crippen molar-refractivity contribution in [3.63, 3.8) is 0 Å². The maximum Gasteiger partial charge on any atom is 0.408 e. The number of methoxy groups -OCH3 is 1. The summed E-state index contributed by atoms with van der Waals surface area (Å²) in [5.41, 5.74) is -0.712. The van der Waals surface area contributed by atoms with Crippen LogP contribution in [0.25, 0.3) is 0 Å². The number of carbonyl (C=O) groups excluding carboxylic acids is 3. The lowest BCUT2D eigenvalue weighted by Gasteiger charge is -2.24. The fourth-order valence-corrected chi connectivity index (χ4v) is 1.21. The van der Waals surface area contributed by atoms with Crippen LogP contribution in [0.2, 0.25) is 0 Å². The van der Waals surface area contributed by atoms with Crippen LogP contribution in [-0.2, 0) is 23.9 Å². The minimum atomic E-state index is -1.12. The first-order chi connectivity index (χ1) is 9.10. The van der Waals surface area contributed by atoms with Crippen LogP contribution in [0.4, 0.5) is 4.79 Å². The lowest BCUT2D eigenvalue weighted by Crippen LogP contribution is -2.49. The highest BCUT2D eigenvalue weighted by Gasteiger charge is 2.29. The van der Waals surface area contributed by atoms with Crippen molar-refractivity contribution in [2.75, 3.05) is 21.3 Å². The number of alkyl carbamates (subject to hydrolysis) is 1. The van der Waals surface area contributed by atoms with E-state index in [-0.39, 0.29) is 6.42 Å². The van der Waals surface area contributed by atoms with Crippen LogP contribution >= 0.6 is 0 Å². The molecule has 116 valence electrons. The summed E-state index contributed by atoms with van der Waals surface area (Å²) in [5, 5.41) is 3.23. The topological polar surface area (TPSA) is 94.2 Å². The standard InChI is InChI=1S/C12H22N2O6/c1-12(2,3)20-11(17)13-8(7-9(15)18-5)10(16)14(4)19-6/h8H,7H2,1-6H3,(H,13,17)/t8-/m0/s1. The van der Waals surface area contributed by atoms with Crippen LogP contribution in [0.15, 0.2) is 0 Å². The predicted octanol–water partition coefficient (Wildman–Crippen LogP) is 0.463. The Hall–Kier alpha value is -1.83. The van der Waals surface area contributed by atoms with E-state index in [1.807, 2.05) is 0 Å². The van der Waals surface area contributed by atoms with Gasteiger partial charge in [-0.15, -0.1) is 0 Å². The first kappa shape index (κ1) is 18.2. The molecule has 8 nitrogen and oxygen atoms in total. The van der Waals surface area contributed by atoms with E-state index in [0.29, 0.717) is 0 Å². The number of rotatable bonds is 5. The monoisotopic (exact) mass is 290 g/mol. The maximum absolute atomic E-state index is 11.9. The molecule has 0 aromatic carbocycles. The average molecular weight is 290 g/mol. The van der Waals surface area contributed by atoms with Crippen molar-refractivity contribution in [1.29, 1.82) is 0 Å². The molecule has 8 heteroatoms. The van der Waals surface area contributed by atoms with Gasteiger partial charge in [-0.1, -0.05) is 0 Å². The largest absolute Gasteiger partial charge is 0.469 e. The molecule has 0 aliphatic heterocycles. The molecule has 0 aromatic heterocycles. The minimum absolute atomic E-state index is 0.317. The Morgan fingerprint density at radius 1 is 1.20 bits per heavy atom. The van der Waals surface area contributed by atoms with Crippen LogP contribution in [-0.4, -0.2) is 55.9 Å². The fraction of sp³-hybridized carbons (Fsp3) is 0.750. The van der Waals surface area contributed by atoms with Gasteiger partial charge < -0.3 is 14.8 Å². The van der Waals surface area contributed by atoms with Gasteiger partial charge in [0.25, 0.3) is 5.91 Å². The molecule has 0 radical (unpaired) electrons. The van der Waals surface area contributed by atoms with Gasteiger partial charge in [0, 0.05) is 7.05 Å². The molecule has 0 aromatic rings. The van der Waals surface area contributed by atoms with Crippen LogP contribution < -0.4 is 5.32 Å². The van der Waals surface area contributed by atoms with E-state index < -0.39 is 29.6 Å². The predicted molar refractivity (Wildman–Crippen MR) is 69.6 cm³/mol. The molecule has 1 atom stereocenters. The summed E-state index contributed by atoms with van der Waals surface area (Å²) < 4.78 is 9.52. The van der Waals surface area contributed by atoms with Crippen molar-refractivity contribution >= 4 is 18.0 Å². The number of hydrogen-bond donors (Lipinski definition) is 1. The Balaban J connectivity index is 4.81. The van der Waals surface area contributed by atoms with Crippen LogP contribution in [0.3, 0.4) is 0 Å². The highest BCUT2D eigenvalue weighted by atomic mass is 16.7. The molecule has 20 heavy (non-hydrogen) atoms. The number of nitrogens with one attached hydrogen (secondary N) is 1. The van der Waals surface area contributed by atoms with Crippen LogP contribution in [0.5, 0.6) is 0 Å². The van der Waals surface area contributed by atoms with Crippen molar-refractivity contribution < 1.29 is 28.7 Å². The van der Waals surface area contributed by atoms with Crippen molar-refractivity contribution in [3.8, 4) is 0 Å². The van der Waals surface area contributed by atoms with Crippen molar-refractivity contribution in [2.24, 2.45) is 0 Å². The molecule has 0 rings (SSSR count). The molecule has 0 spiro atoms. The Morgan fingerprint density at radius 3 is 2.15 bits per heavy atom. The second-order valence-corrected chi connectivity index (χ2v) is 5.00. The molecule has 0 aliphatic rings. The Kier molecular flexibility index (Phi) is 6.98. The average Bonchev–Trinajstić information content (AvgIpc) is 2.33. The van der Waals surface area contributed by atoms with Gasteiger partial charge in [0.1, 0.15) is 11.6 Å². The van der Waals surface area contributed by atoms with E-state index in [2.05, 4.69) is 10.1 Å². The number of esters is 1. The first-order valence-corrected chi connectivity index (χ1v) is 5.98. The Labute approximate surface area is 118 Å². The zero-order chi connectivity index (χ0) is 15.9. The highest BCUT2D eigenvalue weighted by molar-refractivity contribution is 5.88. The van der Waals surface area contributed by atoms with Gasteiger partial charge in [-0.2, -0.15) is 0 Å². The van der Waals surface area contributed by atoms with Gasteiger partial charge in [-0.05, 0) is 20.8 Å². The summed E-state index contributed by atoms with van der Waals surface area (Å²) in [6.07, 6.45) is -1.12. The highest BCUT2D eigenvalue weighted by Crippen LogP contribution is 2.08.